The molecule has 1 aliphatic carbocycles. The summed E-state index contributed by atoms with van der Waals surface area (Å²) in [6.45, 7) is 4.76. The van der Waals surface area contributed by atoms with E-state index in [9.17, 15) is 4.79 Å². The molecule has 122 valence electrons. The topological polar surface area (TPSA) is 58.1 Å². The summed E-state index contributed by atoms with van der Waals surface area (Å²) in [6.07, 6.45) is 8.35. The van der Waals surface area contributed by atoms with E-state index < -0.39 is 0 Å². The first-order valence-corrected chi connectivity index (χ1v) is 9.35. The van der Waals surface area contributed by atoms with E-state index in [0.29, 0.717) is 6.54 Å². The smallest absolute Gasteiger partial charge is 0.224 e. The van der Waals surface area contributed by atoms with Crippen molar-refractivity contribution in [2.45, 2.75) is 57.9 Å². The highest BCUT2D eigenvalue weighted by Gasteiger charge is 2.30. The number of carbonyl (C=O) groups excluding carboxylic acids is 1. The Labute approximate surface area is 136 Å². The number of aryl methyl sites for hydroxylation is 1. The molecule has 1 atom stereocenters. The van der Waals surface area contributed by atoms with Crippen LogP contribution in [0.25, 0.3) is 0 Å². The number of carbonyl (C=O) groups is 1. The van der Waals surface area contributed by atoms with Crippen molar-refractivity contribution in [1.82, 2.24) is 20.4 Å². The van der Waals surface area contributed by atoms with Gasteiger partial charge in [0.25, 0.3) is 0 Å². The van der Waals surface area contributed by atoms with Gasteiger partial charge in [-0.2, -0.15) is 0 Å². The number of rotatable bonds is 5. The number of likely N-dealkylation sites (tertiary alicyclic amines) is 1. The molecule has 1 amide bonds. The Morgan fingerprint density at radius 3 is 2.82 bits per heavy atom. The van der Waals surface area contributed by atoms with Crippen LogP contribution in [-0.2, 0) is 11.2 Å². The Hall–Kier alpha value is -1.01. The number of hydrogen-bond acceptors (Lipinski definition) is 5. The summed E-state index contributed by atoms with van der Waals surface area (Å²) in [5.41, 5.74) is 0. The van der Waals surface area contributed by atoms with Crippen LogP contribution in [0, 0.1) is 12.8 Å². The second-order valence-electron chi connectivity index (χ2n) is 6.53. The number of piperidine rings is 1. The second-order valence-corrected chi connectivity index (χ2v) is 7.79. The Kier molecular flexibility index (Phi) is 5.41. The Morgan fingerprint density at radius 1 is 1.27 bits per heavy atom. The molecule has 3 rings (SSSR count). The monoisotopic (exact) mass is 322 g/mol. The van der Waals surface area contributed by atoms with Crippen molar-refractivity contribution < 1.29 is 4.79 Å². The highest BCUT2D eigenvalue weighted by atomic mass is 32.1. The van der Waals surface area contributed by atoms with E-state index in [1.807, 2.05) is 6.92 Å². The van der Waals surface area contributed by atoms with Gasteiger partial charge in [-0.25, -0.2) is 0 Å². The van der Waals surface area contributed by atoms with E-state index in [2.05, 4.69) is 20.4 Å². The summed E-state index contributed by atoms with van der Waals surface area (Å²) in [5, 5.41) is 13.2. The minimum Gasteiger partial charge on any atom is -0.355 e. The first-order chi connectivity index (χ1) is 10.7. The quantitative estimate of drug-likeness (QED) is 0.902. The Morgan fingerprint density at radius 2 is 2.09 bits per heavy atom. The number of nitrogens with one attached hydrogen (secondary N) is 1. The largest absolute Gasteiger partial charge is 0.355 e. The van der Waals surface area contributed by atoms with Crippen LogP contribution in [0.15, 0.2) is 0 Å². The van der Waals surface area contributed by atoms with Crippen LogP contribution >= 0.6 is 11.3 Å². The lowest BCUT2D eigenvalue weighted by Gasteiger charge is -2.36. The Balaban J connectivity index is 1.43. The third-order valence-corrected chi connectivity index (χ3v) is 5.77. The molecule has 2 fully saturated rings. The molecule has 5 nitrogen and oxygen atoms in total. The van der Waals surface area contributed by atoms with Gasteiger partial charge in [-0.1, -0.05) is 12.8 Å². The molecule has 0 bridgehead atoms. The highest BCUT2D eigenvalue weighted by molar-refractivity contribution is 7.11. The minimum absolute atomic E-state index is 0.172. The third kappa shape index (κ3) is 4.04. The van der Waals surface area contributed by atoms with E-state index in [-0.39, 0.29) is 11.8 Å². The predicted molar refractivity (Wildman–Crippen MR) is 87.9 cm³/mol. The van der Waals surface area contributed by atoms with Crippen molar-refractivity contribution in [2.75, 3.05) is 19.6 Å². The van der Waals surface area contributed by atoms with E-state index >= 15 is 0 Å². The summed E-state index contributed by atoms with van der Waals surface area (Å²) in [7, 11) is 0. The molecule has 6 heteroatoms. The predicted octanol–water partition coefficient (Wildman–Crippen LogP) is 2.16. The lowest BCUT2D eigenvalue weighted by Crippen LogP contribution is -2.46. The van der Waals surface area contributed by atoms with Gasteiger partial charge in [0, 0.05) is 25.6 Å². The van der Waals surface area contributed by atoms with Crippen molar-refractivity contribution in [3.63, 3.8) is 0 Å². The minimum atomic E-state index is 0.172. The molecule has 2 heterocycles. The summed E-state index contributed by atoms with van der Waals surface area (Å²) >= 11 is 1.61. The molecule has 0 spiro atoms. The molecule has 1 N–H and O–H groups in total. The van der Waals surface area contributed by atoms with Crippen LogP contribution in [0.5, 0.6) is 0 Å². The lowest BCUT2D eigenvalue weighted by molar-refractivity contribution is -0.127. The maximum Gasteiger partial charge on any atom is 0.224 e. The Bertz CT molecular complexity index is 498. The normalized spacial score (nSPS) is 23.8. The van der Waals surface area contributed by atoms with Crippen molar-refractivity contribution in [2.24, 2.45) is 5.92 Å². The van der Waals surface area contributed by atoms with Gasteiger partial charge in [0.05, 0.1) is 5.92 Å². The van der Waals surface area contributed by atoms with Crippen LogP contribution in [0.2, 0.25) is 0 Å². The van der Waals surface area contributed by atoms with Gasteiger partial charge in [-0.15, -0.1) is 21.5 Å². The van der Waals surface area contributed by atoms with E-state index in [1.165, 1.54) is 32.2 Å². The van der Waals surface area contributed by atoms with Crippen LogP contribution in [0.1, 0.15) is 48.5 Å². The van der Waals surface area contributed by atoms with Crippen LogP contribution < -0.4 is 5.32 Å². The average molecular weight is 322 g/mol. The molecule has 1 aromatic rings. The first kappa shape index (κ1) is 15.9. The van der Waals surface area contributed by atoms with Crippen molar-refractivity contribution >= 4 is 17.2 Å². The molecule has 1 aliphatic heterocycles. The van der Waals surface area contributed by atoms with Gasteiger partial charge >= 0.3 is 0 Å². The molecule has 2 aliphatic rings. The maximum absolute atomic E-state index is 12.4. The van der Waals surface area contributed by atoms with Gasteiger partial charge < -0.3 is 5.32 Å². The first-order valence-electron chi connectivity index (χ1n) is 8.53. The molecular formula is C16H26N4OS. The van der Waals surface area contributed by atoms with Gasteiger partial charge in [0.1, 0.15) is 10.0 Å². The zero-order valence-corrected chi connectivity index (χ0v) is 14.2. The van der Waals surface area contributed by atoms with Gasteiger partial charge in [-0.3, -0.25) is 9.69 Å². The summed E-state index contributed by atoms with van der Waals surface area (Å²) in [6, 6.07) is 0.736. The van der Waals surface area contributed by atoms with Crippen LogP contribution in [-0.4, -0.2) is 46.7 Å². The van der Waals surface area contributed by atoms with E-state index in [0.717, 1.165) is 41.9 Å². The fourth-order valence-corrected chi connectivity index (χ4v) is 4.41. The van der Waals surface area contributed by atoms with E-state index in [4.69, 9.17) is 0 Å². The maximum atomic E-state index is 12.4. The molecule has 1 saturated heterocycles. The molecule has 0 radical (unpaired) electrons. The number of hydrogen-bond donors (Lipinski definition) is 1. The summed E-state index contributed by atoms with van der Waals surface area (Å²) in [4.78, 5) is 14.9. The lowest BCUT2D eigenvalue weighted by atomic mass is 9.95. The molecule has 1 aromatic heterocycles. The van der Waals surface area contributed by atoms with Crippen molar-refractivity contribution in [3.8, 4) is 0 Å². The average Bonchev–Trinajstić information content (AvgIpc) is 3.19. The molecule has 22 heavy (non-hydrogen) atoms. The second kappa shape index (κ2) is 7.51. The van der Waals surface area contributed by atoms with Gasteiger partial charge in [0.2, 0.25) is 5.91 Å². The fraction of sp³-hybridized carbons (Fsp3) is 0.812. The van der Waals surface area contributed by atoms with Crippen molar-refractivity contribution in [1.29, 1.82) is 0 Å². The number of amides is 1. The number of aromatic nitrogens is 2. The molecule has 0 aromatic carbocycles. The highest BCUT2D eigenvalue weighted by Crippen LogP contribution is 2.27. The van der Waals surface area contributed by atoms with E-state index in [1.54, 1.807) is 11.3 Å². The third-order valence-electron chi connectivity index (χ3n) is 4.87. The molecular weight excluding hydrogens is 296 g/mol. The van der Waals surface area contributed by atoms with Gasteiger partial charge in [0.15, 0.2) is 0 Å². The fourth-order valence-electron chi connectivity index (χ4n) is 3.70. The van der Waals surface area contributed by atoms with Crippen LogP contribution in [0.3, 0.4) is 0 Å². The zero-order valence-electron chi connectivity index (χ0n) is 13.4. The zero-order chi connectivity index (χ0) is 15.4. The number of nitrogens with zero attached hydrogens (tertiary/aromatic N) is 3. The standard InChI is InChI=1S/C16H26N4OS/c1-12-18-19-15(22-12)8-9-17-16(21)13-5-4-10-20(11-13)14-6-2-3-7-14/h13-14H,2-11H2,1H3,(H,17,21)/t13-/m1/s1. The summed E-state index contributed by atoms with van der Waals surface area (Å²) < 4.78 is 0. The van der Waals surface area contributed by atoms with Crippen LogP contribution in [0.4, 0.5) is 0 Å². The van der Waals surface area contributed by atoms with Gasteiger partial charge in [-0.05, 0) is 39.2 Å². The summed E-state index contributed by atoms with van der Waals surface area (Å²) in [5.74, 6) is 0.398. The molecule has 0 unspecified atom stereocenters. The molecule has 1 saturated carbocycles. The van der Waals surface area contributed by atoms with Crippen molar-refractivity contribution in [3.05, 3.63) is 10.0 Å². The SMILES string of the molecule is Cc1nnc(CCNC(=O)[C@@H]2CCCN(C3CCCC3)C2)s1.